The van der Waals surface area contributed by atoms with Gasteiger partial charge < -0.3 is 0 Å². The molecule has 78 valence electrons. The second kappa shape index (κ2) is 3.63. The van der Waals surface area contributed by atoms with Crippen molar-refractivity contribution in [2.75, 3.05) is 0 Å². The molecule has 0 radical (unpaired) electrons. The molecule has 0 heterocycles. The Balaban J connectivity index is 2.83. The van der Waals surface area contributed by atoms with Gasteiger partial charge in [0.25, 0.3) is 0 Å². The Morgan fingerprint density at radius 1 is 1.00 bits per heavy atom. The van der Waals surface area contributed by atoms with E-state index in [0.717, 1.165) is 23.7 Å². The maximum Gasteiger partial charge on any atom is -0.0246 e. The fraction of sp³-hybridized carbons (Fsp3) is 1.00. The molecule has 1 saturated carbocycles. The molecule has 0 amide bonds. The van der Waals surface area contributed by atoms with Crippen LogP contribution in [0.4, 0.5) is 0 Å². The van der Waals surface area contributed by atoms with Gasteiger partial charge in [-0.25, -0.2) is 0 Å². The van der Waals surface area contributed by atoms with Crippen LogP contribution in [0, 0.1) is 29.1 Å². The molecule has 1 aliphatic carbocycles. The van der Waals surface area contributed by atoms with Crippen LogP contribution in [-0.2, 0) is 0 Å². The van der Waals surface area contributed by atoms with Crippen LogP contribution in [0.3, 0.4) is 0 Å². The highest BCUT2D eigenvalue weighted by molar-refractivity contribution is 4.95. The largest absolute Gasteiger partial charge is 0.0625 e. The first-order valence-corrected chi connectivity index (χ1v) is 5.90. The molecule has 3 atom stereocenters. The van der Waals surface area contributed by atoms with Crippen molar-refractivity contribution in [1.82, 2.24) is 0 Å². The summed E-state index contributed by atoms with van der Waals surface area (Å²) in [6.45, 7) is 14.6. The third-order valence-corrected chi connectivity index (χ3v) is 5.14. The molecule has 13 heavy (non-hydrogen) atoms. The van der Waals surface area contributed by atoms with Gasteiger partial charge in [-0.15, -0.1) is 0 Å². The summed E-state index contributed by atoms with van der Waals surface area (Å²) < 4.78 is 0. The Morgan fingerprint density at radius 3 is 1.69 bits per heavy atom. The van der Waals surface area contributed by atoms with Crippen molar-refractivity contribution < 1.29 is 0 Å². The van der Waals surface area contributed by atoms with Gasteiger partial charge >= 0.3 is 0 Å². The van der Waals surface area contributed by atoms with Crippen molar-refractivity contribution in [3.63, 3.8) is 0 Å². The van der Waals surface area contributed by atoms with E-state index >= 15 is 0 Å². The van der Waals surface area contributed by atoms with Crippen molar-refractivity contribution in [3.8, 4) is 0 Å². The average molecular weight is 182 g/mol. The standard InChI is InChI=1S/C13H26/c1-9(2)12(5)13(6)10(3)7-8-11(13)4/h9-12H,7-8H2,1-6H3. The van der Waals surface area contributed by atoms with Crippen molar-refractivity contribution in [1.29, 1.82) is 0 Å². The van der Waals surface area contributed by atoms with E-state index in [4.69, 9.17) is 0 Å². The molecule has 0 aliphatic heterocycles. The number of hydrogen-bond acceptors (Lipinski definition) is 0. The van der Waals surface area contributed by atoms with Crippen molar-refractivity contribution in [3.05, 3.63) is 0 Å². The van der Waals surface area contributed by atoms with Crippen LogP contribution in [0.1, 0.15) is 54.4 Å². The Kier molecular flexibility index (Phi) is 3.09. The van der Waals surface area contributed by atoms with Gasteiger partial charge in [-0.05, 0) is 41.9 Å². The summed E-state index contributed by atoms with van der Waals surface area (Å²) >= 11 is 0. The highest BCUT2D eigenvalue weighted by Crippen LogP contribution is 2.53. The van der Waals surface area contributed by atoms with Gasteiger partial charge in [0, 0.05) is 0 Å². The van der Waals surface area contributed by atoms with Crippen LogP contribution >= 0.6 is 0 Å². The summed E-state index contributed by atoms with van der Waals surface area (Å²) in [5.41, 5.74) is 0.591. The van der Waals surface area contributed by atoms with Crippen LogP contribution in [0.15, 0.2) is 0 Å². The summed E-state index contributed by atoms with van der Waals surface area (Å²) in [5.74, 6) is 3.52. The minimum Gasteiger partial charge on any atom is -0.0625 e. The Hall–Kier alpha value is 0. The van der Waals surface area contributed by atoms with Gasteiger partial charge in [-0.2, -0.15) is 0 Å². The van der Waals surface area contributed by atoms with Crippen molar-refractivity contribution in [2.24, 2.45) is 29.1 Å². The predicted octanol–water partition coefficient (Wildman–Crippen LogP) is 4.35. The van der Waals surface area contributed by atoms with Crippen LogP contribution in [0.5, 0.6) is 0 Å². The summed E-state index contributed by atoms with van der Waals surface area (Å²) in [6, 6.07) is 0. The maximum atomic E-state index is 2.51. The van der Waals surface area contributed by atoms with Gasteiger partial charge in [-0.1, -0.05) is 41.5 Å². The third-order valence-electron chi connectivity index (χ3n) is 5.14. The molecule has 0 aromatic carbocycles. The molecule has 3 unspecified atom stereocenters. The molecule has 0 N–H and O–H groups in total. The van der Waals surface area contributed by atoms with Crippen LogP contribution < -0.4 is 0 Å². The first kappa shape index (κ1) is 11.1. The third kappa shape index (κ3) is 1.65. The topological polar surface area (TPSA) is 0 Å². The fourth-order valence-corrected chi connectivity index (χ4v) is 3.22. The lowest BCUT2D eigenvalue weighted by Gasteiger charge is -2.42. The highest BCUT2D eigenvalue weighted by Gasteiger charge is 2.46. The van der Waals surface area contributed by atoms with Gasteiger partial charge in [0.15, 0.2) is 0 Å². The van der Waals surface area contributed by atoms with E-state index in [-0.39, 0.29) is 0 Å². The second-order valence-corrected chi connectivity index (χ2v) is 5.78. The zero-order chi connectivity index (χ0) is 10.2. The lowest BCUT2D eigenvalue weighted by molar-refractivity contribution is 0.0650. The minimum atomic E-state index is 0.591. The molecule has 0 aromatic heterocycles. The highest BCUT2D eigenvalue weighted by atomic mass is 14.5. The molecular weight excluding hydrogens is 156 g/mol. The summed E-state index contributed by atoms with van der Waals surface area (Å²) in [6.07, 6.45) is 2.88. The average Bonchev–Trinajstić information content (AvgIpc) is 2.32. The lowest BCUT2D eigenvalue weighted by Crippen LogP contribution is -2.36. The molecule has 0 aromatic rings. The Labute approximate surface area is 84.1 Å². The SMILES string of the molecule is CC(C)C(C)C1(C)C(C)CCC1C. The number of rotatable bonds is 2. The second-order valence-electron chi connectivity index (χ2n) is 5.78. The van der Waals surface area contributed by atoms with E-state index in [1.165, 1.54) is 12.8 Å². The van der Waals surface area contributed by atoms with Crippen LogP contribution in [0.2, 0.25) is 0 Å². The molecular formula is C13H26. The molecule has 1 fully saturated rings. The Bertz CT molecular complexity index is 159. The normalized spacial score (nSPS) is 42.7. The van der Waals surface area contributed by atoms with E-state index < -0.39 is 0 Å². The predicted molar refractivity (Wildman–Crippen MR) is 59.7 cm³/mol. The summed E-state index contributed by atoms with van der Waals surface area (Å²) in [7, 11) is 0. The minimum absolute atomic E-state index is 0.591. The van der Waals surface area contributed by atoms with E-state index in [2.05, 4.69) is 41.5 Å². The van der Waals surface area contributed by atoms with Gasteiger partial charge in [0.05, 0.1) is 0 Å². The monoisotopic (exact) mass is 182 g/mol. The Morgan fingerprint density at radius 2 is 1.38 bits per heavy atom. The van der Waals surface area contributed by atoms with E-state index in [9.17, 15) is 0 Å². The zero-order valence-corrected chi connectivity index (χ0v) is 10.2. The summed E-state index contributed by atoms with van der Waals surface area (Å²) in [5, 5.41) is 0. The van der Waals surface area contributed by atoms with Crippen LogP contribution in [0.25, 0.3) is 0 Å². The molecule has 0 heteroatoms. The van der Waals surface area contributed by atoms with Gasteiger partial charge in [0.1, 0.15) is 0 Å². The van der Waals surface area contributed by atoms with Crippen LogP contribution in [-0.4, -0.2) is 0 Å². The van der Waals surface area contributed by atoms with Gasteiger partial charge in [-0.3, -0.25) is 0 Å². The van der Waals surface area contributed by atoms with E-state index in [1.54, 1.807) is 0 Å². The molecule has 0 saturated heterocycles. The molecule has 0 spiro atoms. The molecule has 0 bridgehead atoms. The first-order valence-electron chi connectivity index (χ1n) is 5.90. The fourth-order valence-electron chi connectivity index (χ4n) is 3.22. The zero-order valence-electron chi connectivity index (χ0n) is 10.2. The lowest BCUT2D eigenvalue weighted by atomic mass is 9.63. The van der Waals surface area contributed by atoms with Crippen molar-refractivity contribution in [2.45, 2.75) is 54.4 Å². The van der Waals surface area contributed by atoms with Gasteiger partial charge in [0.2, 0.25) is 0 Å². The maximum absolute atomic E-state index is 2.51. The molecule has 1 rings (SSSR count). The van der Waals surface area contributed by atoms with E-state index in [0.29, 0.717) is 5.41 Å². The smallest absolute Gasteiger partial charge is 0.0246 e. The molecule has 0 nitrogen and oxygen atoms in total. The number of hydrogen-bond donors (Lipinski definition) is 0. The molecule has 1 aliphatic rings. The first-order chi connectivity index (χ1) is 5.90. The van der Waals surface area contributed by atoms with E-state index in [1.807, 2.05) is 0 Å². The summed E-state index contributed by atoms with van der Waals surface area (Å²) in [4.78, 5) is 0. The van der Waals surface area contributed by atoms with Crippen molar-refractivity contribution >= 4 is 0 Å². The quantitative estimate of drug-likeness (QED) is 0.595.